The molecule has 2 rings (SSSR count). The number of methoxy groups -OCH3 is 1. The summed E-state index contributed by atoms with van der Waals surface area (Å²) in [6, 6.07) is 12.9. The molecule has 0 aliphatic rings. The van der Waals surface area contributed by atoms with Crippen molar-refractivity contribution in [1.82, 2.24) is 0 Å². The van der Waals surface area contributed by atoms with Gasteiger partial charge in [0.25, 0.3) is 11.6 Å². The third kappa shape index (κ3) is 5.77. The number of benzene rings is 2. The van der Waals surface area contributed by atoms with Crippen molar-refractivity contribution in [3.05, 3.63) is 64.2 Å². The Morgan fingerprint density at radius 3 is 2.50 bits per heavy atom. The second kappa shape index (κ2) is 10.9. The first kappa shape index (κ1) is 22.8. The van der Waals surface area contributed by atoms with E-state index in [0.29, 0.717) is 31.1 Å². The van der Waals surface area contributed by atoms with E-state index in [0.717, 1.165) is 6.07 Å². The number of amides is 1. The summed E-state index contributed by atoms with van der Waals surface area (Å²) in [5.41, 5.74) is 0.767. The van der Waals surface area contributed by atoms with Crippen LogP contribution in [0.5, 0.6) is 0 Å². The molecule has 0 saturated heterocycles. The average molecular weight is 415 g/mol. The lowest BCUT2D eigenvalue weighted by Crippen LogP contribution is -2.40. The monoisotopic (exact) mass is 415 g/mol. The topological polar surface area (TPSA) is 111 Å². The second-order valence-corrected chi connectivity index (χ2v) is 6.37. The fraction of sp³-hybridized carbons (Fsp3) is 0.333. The maximum atomic E-state index is 12.8. The molecule has 0 fully saturated rings. The molecule has 1 atom stereocenters. The van der Waals surface area contributed by atoms with Crippen molar-refractivity contribution in [2.45, 2.75) is 20.0 Å². The summed E-state index contributed by atoms with van der Waals surface area (Å²) in [7, 11) is 1.53. The van der Waals surface area contributed by atoms with Crippen LogP contribution in [0, 0.1) is 10.1 Å². The van der Waals surface area contributed by atoms with Gasteiger partial charge < -0.3 is 19.7 Å². The van der Waals surface area contributed by atoms with Gasteiger partial charge in [0.15, 0.2) is 6.10 Å². The van der Waals surface area contributed by atoms with Crippen molar-refractivity contribution in [1.29, 1.82) is 0 Å². The van der Waals surface area contributed by atoms with E-state index in [4.69, 9.17) is 9.47 Å². The Bertz CT molecular complexity index is 888. The number of ether oxygens (including phenoxy) is 2. The molecule has 0 aliphatic heterocycles. The zero-order chi connectivity index (χ0) is 22.1. The molecule has 30 heavy (non-hydrogen) atoms. The molecule has 0 radical (unpaired) electrons. The van der Waals surface area contributed by atoms with Gasteiger partial charge in [0.1, 0.15) is 0 Å². The summed E-state index contributed by atoms with van der Waals surface area (Å²) in [5.74, 6) is -1.22. The lowest BCUT2D eigenvalue weighted by molar-refractivity contribution is -0.384. The van der Waals surface area contributed by atoms with Gasteiger partial charge in [0, 0.05) is 43.7 Å². The maximum Gasteiger partial charge on any atom is 0.341 e. The van der Waals surface area contributed by atoms with Crippen molar-refractivity contribution >= 4 is 28.9 Å². The number of nitro benzene ring substituents is 1. The van der Waals surface area contributed by atoms with E-state index in [2.05, 4.69) is 5.32 Å². The fourth-order valence-electron chi connectivity index (χ4n) is 2.82. The molecular formula is C21H25N3O6. The summed E-state index contributed by atoms with van der Waals surface area (Å²) in [5, 5.41) is 14.1. The molecule has 0 saturated carbocycles. The number of nitrogens with one attached hydrogen (secondary N) is 1. The van der Waals surface area contributed by atoms with Crippen LogP contribution >= 0.6 is 0 Å². The number of nitro groups is 1. The molecule has 1 amide bonds. The number of likely N-dealkylation sites (N-methyl/N-ethyl adjacent to an activating group) is 1. The molecule has 0 aromatic heterocycles. The van der Waals surface area contributed by atoms with Gasteiger partial charge in [-0.3, -0.25) is 14.9 Å². The quantitative estimate of drug-likeness (QED) is 0.274. The number of carbonyl (C=O) groups excluding carboxylic acids is 2. The molecule has 0 spiro atoms. The van der Waals surface area contributed by atoms with E-state index in [1.165, 1.54) is 31.1 Å². The zero-order valence-corrected chi connectivity index (χ0v) is 17.2. The minimum atomic E-state index is -1.08. The molecule has 2 aromatic rings. The van der Waals surface area contributed by atoms with Crippen molar-refractivity contribution in [2.75, 3.05) is 37.0 Å². The standard InChI is InChI=1S/C21H25N3O6/c1-4-23(16-8-6-5-7-9-16)20(25)15(2)30-21(26)18-14-17(24(27)28)10-11-19(18)22-12-13-29-3/h5-11,14-15,22H,4,12-13H2,1-3H3/t15-/m0/s1. The summed E-state index contributed by atoms with van der Waals surface area (Å²) < 4.78 is 10.3. The van der Waals surface area contributed by atoms with Gasteiger partial charge in [-0.1, -0.05) is 18.2 Å². The van der Waals surface area contributed by atoms with Crippen molar-refractivity contribution in [2.24, 2.45) is 0 Å². The Morgan fingerprint density at radius 1 is 1.20 bits per heavy atom. The highest BCUT2D eigenvalue weighted by molar-refractivity contribution is 6.01. The molecule has 1 N–H and O–H groups in total. The highest BCUT2D eigenvalue weighted by Crippen LogP contribution is 2.24. The van der Waals surface area contributed by atoms with Gasteiger partial charge >= 0.3 is 5.97 Å². The predicted molar refractivity (Wildman–Crippen MR) is 113 cm³/mol. The van der Waals surface area contributed by atoms with E-state index in [1.54, 1.807) is 12.1 Å². The average Bonchev–Trinajstić information content (AvgIpc) is 2.75. The normalized spacial score (nSPS) is 11.4. The molecule has 0 heterocycles. The Kier molecular flexibility index (Phi) is 8.30. The Labute approximate surface area is 174 Å². The van der Waals surface area contributed by atoms with Crippen LogP contribution < -0.4 is 10.2 Å². The van der Waals surface area contributed by atoms with E-state index in [1.807, 2.05) is 25.1 Å². The van der Waals surface area contributed by atoms with Crippen LogP contribution in [0.1, 0.15) is 24.2 Å². The second-order valence-electron chi connectivity index (χ2n) is 6.37. The van der Waals surface area contributed by atoms with Gasteiger partial charge in [-0.05, 0) is 32.0 Å². The van der Waals surface area contributed by atoms with Crippen LogP contribution in [-0.2, 0) is 14.3 Å². The van der Waals surface area contributed by atoms with E-state index < -0.39 is 22.9 Å². The van der Waals surface area contributed by atoms with Gasteiger partial charge in [0.2, 0.25) is 0 Å². The Morgan fingerprint density at radius 2 is 1.90 bits per heavy atom. The van der Waals surface area contributed by atoms with Crippen LogP contribution in [0.15, 0.2) is 48.5 Å². The number of anilines is 2. The fourth-order valence-corrected chi connectivity index (χ4v) is 2.82. The summed E-state index contributed by atoms with van der Waals surface area (Å²) in [4.78, 5) is 37.6. The highest BCUT2D eigenvalue weighted by atomic mass is 16.6. The SMILES string of the molecule is CCN(C(=O)[C@H](C)OC(=O)c1cc([N+](=O)[O-])ccc1NCCOC)c1ccccc1. The lowest BCUT2D eigenvalue weighted by Gasteiger charge is -2.24. The predicted octanol–water partition coefficient (Wildman–Crippen LogP) is 3.25. The van der Waals surface area contributed by atoms with Crippen LogP contribution in [-0.4, -0.2) is 49.7 Å². The van der Waals surface area contributed by atoms with Crippen LogP contribution in [0.4, 0.5) is 17.1 Å². The first-order valence-electron chi connectivity index (χ1n) is 9.47. The van der Waals surface area contributed by atoms with Gasteiger partial charge in [-0.25, -0.2) is 4.79 Å². The molecule has 0 bridgehead atoms. The van der Waals surface area contributed by atoms with E-state index in [-0.39, 0.29) is 11.3 Å². The smallest absolute Gasteiger partial charge is 0.341 e. The number of para-hydroxylation sites is 1. The number of rotatable bonds is 10. The molecule has 9 heteroatoms. The number of carbonyl (C=O) groups is 2. The third-order valence-corrected chi connectivity index (χ3v) is 4.34. The summed E-state index contributed by atoms with van der Waals surface area (Å²) >= 11 is 0. The lowest BCUT2D eigenvalue weighted by atomic mass is 10.1. The van der Waals surface area contributed by atoms with Crippen LogP contribution in [0.3, 0.4) is 0 Å². The van der Waals surface area contributed by atoms with Gasteiger partial charge in [-0.15, -0.1) is 0 Å². The summed E-state index contributed by atoms with van der Waals surface area (Å²) in [6.07, 6.45) is -1.08. The highest BCUT2D eigenvalue weighted by Gasteiger charge is 2.26. The number of esters is 1. The van der Waals surface area contributed by atoms with Crippen LogP contribution in [0.25, 0.3) is 0 Å². The molecule has 160 valence electrons. The van der Waals surface area contributed by atoms with E-state index in [9.17, 15) is 19.7 Å². The number of hydrogen-bond acceptors (Lipinski definition) is 7. The first-order valence-corrected chi connectivity index (χ1v) is 9.47. The third-order valence-electron chi connectivity index (χ3n) is 4.34. The largest absolute Gasteiger partial charge is 0.449 e. The van der Waals surface area contributed by atoms with Crippen LogP contribution in [0.2, 0.25) is 0 Å². The Balaban J connectivity index is 2.21. The van der Waals surface area contributed by atoms with Crippen molar-refractivity contribution < 1.29 is 24.0 Å². The molecule has 2 aromatic carbocycles. The van der Waals surface area contributed by atoms with Gasteiger partial charge in [-0.2, -0.15) is 0 Å². The number of non-ortho nitro benzene ring substituents is 1. The minimum absolute atomic E-state index is 0.0253. The molecule has 0 unspecified atom stereocenters. The number of hydrogen-bond donors (Lipinski definition) is 1. The summed E-state index contributed by atoms with van der Waals surface area (Å²) in [6.45, 7) is 4.45. The van der Waals surface area contributed by atoms with Crippen molar-refractivity contribution in [3.63, 3.8) is 0 Å². The van der Waals surface area contributed by atoms with Crippen molar-refractivity contribution in [3.8, 4) is 0 Å². The first-order chi connectivity index (χ1) is 14.4. The molecule has 0 aliphatic carbocycles. The van der Waals surface area contributed by atoms with E-state index >= 15 is 0 Å². The Hall–Kier alpha value is -3.46. The maximum absolute atomic E-state index is 12.8. The van der Waals surface area contributed by atoms with Gasteiger partial charge in [0.05, 0.1) is 17.1 Å². The molecule has 9 nitrogen and oxygen atoms in total. The zero-order valence-electron chi connectivity index (χ0n) is 17.2. The number of nitrogens with zero attached hydrogens (tertiary/aromatic N) is 2. The molecular weight excluding hydrogens is 390 g/mol. The minimum Gasteiger partial charge on any atom is -0.449 e.